The van der Waals surface area contributed by atoms with Gasteiger partial charge in [0, 0.05) is 20.3 Å². The second kappa shape index (κ2) is 4.97. The van der Waals surface area contributed by atoms with Gasteiger partial charge in [-0.3, -0.25) is 0 Å². The van der Waals surface area contributed by atoms with Crippen molar-refractivity contribution in [3.8, 4) is 6.07 Å². The van der Waals surface area contributed by atoms with Crippen LogP contribution >= 0.6 is 0 Å². The van der Waals surface area contributed by atoms with Gasteiger partial charge in [-0.15, -0.1) is 0 Å². The number of nitrogens with zero attached hydrogens (tertiary/aromatic N) is 2. The Morgan fingerprint density at radius 3 is 2.47 bits per heavy atom. The summed E-state index contributed by atoms with van der Waals surface area (Å²) in [5.41, 5.74) is 0. The molecule has 90 valence electrons. The van der Waals surface area contributed by atoms with E-state index in [0.29, 0.717) is 0 Å². The minimum Gasteiger partial charge on any atom is -0.382 e. The van der Waals surface area contributed by atoms with Gasteiger partial charge in [-0.25, -0.2) is 12.8 Å². The van der Waals surface area contributed by atoms with Crippen LogP contribution in [0, 0.1) is 17.1 Å². The van der Waals surface area contributed by atoms with Crippen LogP contribution in [0.15, 0.2) is 40.3 Å². The van der Waals surface area contributed by atoms with Crippen molar-refractivity contribution in [1.29, 1.82) is 5.26 Å². The Labute approximate surface area is 99.5 Å². The van der Waals surface area contributed by atoms with Gasteiger partial charge in [0.2, 0.25) is 9.84 Å². The van der Waals surface area contributed by atoms with E-state index in [9.17, 15) is 12.8 Å². The Bertz CT molecular complexity index is 586. The number of hydrogen-bond donors (Lipinski definition) is 0. The van der Waals surface area contributed by atoms with E-state index >= 15 is 0 Å². The maximum atomic E-state index is 13.4. The van der Waals surface area contributed by atoms with Crippen molar-refractivity contribution >= 4 is 9.84 Å². The minimum absolute atomic E-state index is 0.491. The van der Waals surface area contributed by atoms with Crippen LogP contribution in [0.5, 0.6) is 0 Å². The zero-order chi connectivity index (χ0) is 13.1. The Balaban J connectivity index is 3.40. The van der Waals surface area contributed by atoms with Crippen molar-refractivity contribution in [3.05, 3.63) is 41.2 Å². The molecule has 0 aliphatic rings. The molecule has 1 aromatic carbocycles. The molecule has 1 rings (SSSR count). The highest BCUT2D eigenvalue weighted by molar-refractivity contribution is 7.95. The molecule has 6 heteroatoms. The van der Waals surface area contributed by atoms with E-state index in [4.69, 9.17) is 5.26 Å². The number of allylic oxidation sites excluding steroid dienone is 1. The quantitative estimate of drug-likeness (QED) is 0.767. The zero-order valence-corrected chi connectivity index (χ0v) is 10.2. The molecule has 0 aliphatic heterocycles. The third-order valence-electron chi connectivity index (χ3n) is 1.90. The molecule has 0 radical (unpaired) electrons. The fourth-order valence-corrected chi connectivity index (χ4v) is 2.46. The van der Waals surface area contributed by atoms with Gasteiger partial charge in [0.15, 0.2) is 4.91 Å². The van der Waals surface area contributed by atoms with Crippen molar-refractivity contribution in [2.75, 3.05) is 14.1 Å². The number of halogens is 1. The van der Waals surface area contributed by atoms with E-state index in [1.54, 1.807) is 20.2 Å². The second-order valence-corrected chi connectivity index (χ2v) is 5.39. The zero-order valence-electron chi connectivity index (χ0n) is 9.38. The average molecular weight is 254 g/mol. The molecule has 1 aromatic rings. The molecule has 0 aromatic heterocycles. The number of benzene rings is 1. The monoisotopic (exact) mass is 254 g/mol. The average Bonchev–Trinajstić information content (AvgIpc) is 2.25. The van der Waals surface area contributed by atoms with Gasteiger partial charge >= 0.3 is 0 Å². The lowest BCUT2D eigenvalue weighted by Gasteiger charge is -2.08. The molecular weight excluding hydrogens is 243 g/mol. The molecule has 0 aliphatic carbocycles. The van der Waals surface area contributed by atoms with Crippen molar-refractivity contribution < 1.29 is 12.8 Å². The summed E-state index contributed by atoms with van der Waals surface area (Å²) in [7, 11) is -0.938. The molecule has 0 fully saturated rings. The lowest BCUT2D eigenvalue weighted by atomic mass is 10.3. The van der Waals surface area contributed by atoms with Gasteiger partial charge in [-0.1, -0.05) is 12.1 Å². The number of rotatable bonds is 3. The van der Waals surface area contributed by atoms with E-state index < -0.39 is 25.5 Å². The number of sulfone groups is 1. The lowest BCUT2D eigenvalue weighted by molar-refractivity contribution is 0.555. The standard InChI is InChI=1S/C11H11FN2O2S/c1-14(2)8-9(7-13)17(15,16)11-6-4-3-5-10(11)12/h3-6,8H,1-2H3/b9-8+. The van der Waals surface area contributed by atoms with Crippen molar-refractivity contribution in [2.24, 2.45) is 0 Å². The summed E-state index contributed by atoms with van der Waals surface area (Å²) in [6.07, 6.45) is 1.14. The molecule has 4 nitrogen and oxygen atoms in total. The largest absolute Gasteiger partial charge is 0.382 e. The minimum atomic E-state index is -4.09. The maximum absolute atomic E-state index is 13.4. The molecule has 0 N–H and O–H groups in total. The van der Waals surface area contributed by atoms with E-state index in [2.05, 4.69) is 0 Å². The van der Waals surface area contributed by atoms with Gasteiger partial charge in [-0.05, 0) is 12.1 Å². The molecular formula is C11H11FN2O2S. The summed E-state index contributed by atoms with van der Waals surface area (Å²) in [6, 6.07) is 6.52. The maximum Gasteiger partial charge on any atom is 0.220 e. The Morgan fingerprint density at radius 1 is 1.41 bits per heavy atom. The van der Waals surface area contributed by atoms with E-state index in [1.807, 2.05) is 0 Å². The van der Waals surface area contributed by atoms with Crippen molar-refractivity contribution in [3.63, 3.8) is 0 Å². The van der Waals surface area contributed by atoms with Gasteiger partial charge in [0.05, 0.1) is 0 Å². The number of hydrogen-bond acceptors (Lipinski definition) is 4. The molecule has 0 saturated carbocycles. The van der Waals surface area contributed by atoms with E-state index in [1.165, 1.54) is 17.0 Å². The first-order chi connectivity index (χ1) is 7.89. The predicted molar refractivity (Wildman–Crippen MR) is 61.0 cm³/mol. The summed E-state index contributed by atoms with van der Waals surface area (Å²) >= 11 is 0. The molecule has 17 heavy (non-hydrogen) atoms. The predicted octanol–water partition coefficient (Wildman–Crippen LogP) is 1.53. The fourth-order valence-electron chi connectivity index (χ4n) is 1.17. The van der Waals surface area contributed by atoms with Crippen LogP contribution in [0.4, 0.5) is 4.39 Å². The molecule has 0 bridgehead atoms. The smallest absolute Gasteiger partial charge is 0.220 e. The summed E-state index contributed by atoms with van der Waals surface area (Å²) in [6.45, 7) is 0. The van der Waals surface area contributed by atoms with E-state index in [0.717, 1.165) is 18.3 Å². The van der Waals surface area contributed by atoms with Crippen LogP contribution in [0.1, 0.15) is 0 Å². The van der Waals surface area contributed by atoms with Gasteiger partial charge in [0.1, 0.15) is 16.8 Å². The summed E-state index contributed by atoms with van der Waals surface area (Å²) in [4.78, 5) is 0.430. The second-order valence-electron chi connectivity index (χ2n) is 3.50. The Morgan fingerprint density at radius 2 is 2.00 bits per heavy atom. The summed E-state index contributed by atoms with van der Waals surface area (Å²) in [5, 5.41) is 8.82. The molecule has 0 unspecified atom stereocenters. The van der Waals surface area contributed by atoms with Crippen LogP contribution in [-0.4, -0.2) is 27.4 Å². The highest BCUT2D eigenvalue weighted by Crippen LogP contribution is 2.21. The summed E-state index contributed by atoms with van der Waals surface area (Å²) < 4.78 is 37.3. The third kappa shape index (κ3) is 2.82. The van der Waals surface area contributed by atoms with E-state index in [-0.39, 0.29) is 0 Å². The fraction of sp³-hybridized carbons (Fsp3) is 0.182. The number of nitriles is 1. The van der Waals surface area contributed by atoms with Crippen LogP contribution < -0.4 is 0 Å². The molecule has 0 amide bonds. The Kier molecular flexibility index (Phi) is 3.86. The highest BCUT2D eigenvalue weighted by atomic mass is 32.2. The first kappa shape index (κ1) is 13.2. The van der Waals surface area contributed by atoms with Crippen molar-refractivity contribution in [1.82, 2.24) is 4.90 Å². The van der Waals surface area contributed by atoms with Crippen LogP contribution in [0.2, 0.25) is 0 Å². The first-order valence-electron chi connectivity index (χ1n) is 4.67. The summed E-state index contributed by atoms with van der Waals surface area (Å²) in [5.74, 6) is -0.868. The van der Waals surface area contributed by atoms with Crippen LogP contribution in [0.25, 0.3) is 0 Å². The van der Waals surface area contributed by atoms with Crippen LogP contribution in [-0.2, 0) is 9.84 Å². The van der Waals surface area contributed by atoms with Crippen molar-refractivity contribution in [2.45, 2.75) is 4.90 Å². The third-order valence-corrected chi connectivity index (χ3v) is 3.59. The normalized spacial score (nSPS) is 12.0. The lowest BCUT2D eigenvalue weighted by Crippen LogP contribution is -2.10. The first-order valence-corrected chi connectivity index (χ1v) is 6.16. The van der Waals surface area contributed by atoms with Crippen LogP contribution in [0.3, 0.4) is 0 Å². The molecule has 0 saturated heterocycles. The molecule has 0 atom stereocenters. The molecule has 0 spiro atoms. The van der Waals surface area contributed by atoms with Gasteiger partial charge < -0.3 is 4.90 Å². The molecule has 0 heterocycles. The SMILES string of the molecule is CN(C)/C=C(\C#N)S(=O)(=O)c1ccccc1F. The Hall–Kier alpha value is -1.87. The topological polar surface area (TPSA) is 61.2 Å². The highest BCUT2D eigenvalue weighted by Gasteiger charge is 2.24. The van der Waals surface area contributed by atoms with Gasteiger partial charge in [0.25, 0.3) is 0 Å². The van der Waals surface area contributed by atoms with Gasteiger partial charge in [-0.2, -0.15) is 5.26 Å².